The van der Waals surface area contributed by atoms with E-state index in [4.69, 9.17) is 5.84 Å². The van der Waals surface area contributed by atoms with Crippen LogP contribution in [0.25, 0.3) is 0 Å². The van der Waals surface area contributed by atoms with E-state index in [0.29, 0.717) is 5.92 Å². The molecular formula is C14H17N3S. The Labute approximate surface area is 111 Å². The van der Waals surface area contributed by atoms with Crippen molar-refractivity contribution in [1.29, 1.82) is 0 Å². The van der Waals surface area contributed by atoms with Crippen LogP contribution in [0.4, 0.5) is 0 Å². The van der Waals surface area contributed by atoms with Crippen LogP contribution in [0.3, 0.4) is 0 Å². The van der Waals surface area contributed by atoms with Crippen molar-refractivity contribution in [1.82, 2.24) is 10.4 Å². The van der Waals surface area contributed by atoms with Gasteiger partial charge in [-0.3, -0.25) is 11.3 Å². The Hall–Kier alpha value is -1.23. The number of nitrogens with zero attached hydrogens (tertiary/aromatic N) is 1. The fourth-order valence-electron chi connectivity index (χ4n) is 2.66. The lowest BCUT2D eigenvalue weighted by molar-refractivity contribution is 0.440. The van der Waals surface area contributed by atoms with E-state index in [2.05, 4.69) is 34.7 Å². The summed E-state index contributed by atoms with van der Waals surface area (Å²) in [6, 6.07) is 8.89. The molecule has 1 aromatic carbocycles. The van der Waals surface area contributed by atoms with Gasteiger partial charge in [-0.1, -0.05) is 24.3 Å². The van der Waals surface area contributed by atoms with Crippen molar-refractivity contribution in [3.63, 3.8) is 0 Å². The van der Waals surface area contributed by atoms with Gasteiger partial charge in [-0.2, -0.15) is 0 Å². The third-order valence-electron chi connectivity index (χ3n) is 3.67. The second kappa shape index (κ2) is 4.80. The molecule has 0 bridgehead atoms. The van der Waals surface area contributed by atoms with Crippen LogP contribution in [0.2, 0.25) is 0 Å². The Morgan fingerprint density at radius 3 is 3.00 bits per heavy atom. The second-order valence-corrected chi connectivity index (χ2v) is 6.10. The number of benzene rings is 1. The molecule has 0 saturated heterocycles. The number of nitrogens with two attached hydrogens (primary N) is 1. The van der Waals surface area contributed by atoms with Crippen molar-refractivity contribution in [2.45, 2.75) is 31.7 Å². The number of nitrogens with one attached hydrogen (secondary N) is 1. The van der Waals surface area contributed by atoms with Gasteiger partial charge in [-0.25, -0.2) is 4.98 Å². The zero-order valence-electron chi connectivity index (χ0n) is 10.4. The molecule has 1 heterocycles. The molecule has 2 atom stereocenters. The van der Waals surface area contributed by atoms with Crippen LogP contribution in [0.1, 0.15) is 39.4 Å². The monoisotopic (exact) mass is 259 g/mol. The standard InChI is InChI=1S/C14H17N3S/c1-9-16-8-14(18-9)13(17-15)7-11-6-10-4-2-3-5-12(10)11/h2-5,8,11,13,17H,6-7,15H2,1H3. The molecule has 3 rings (SSSR count). The molecule has 4 heteroatoms. The third kappa shape index (κ3) is 2.07. The van der Waals surface area contributed by atoms with E-state index in [1.54, 1.807) is 11.3 Å². The van der Waals surface area contributed by atoms with E-state index in [1.165, 1.54) is 22.4 Å². The maximum Gasteiger partial charge on any atom is 0.0897 e. The van der Waals surface area contributed by atoms with E-state index in [9.17, 15) is 0 Å². The van der Waals surface area contributed by atoms with Crippen LogP contribution in [0.5, 0.6) is 0 Å². The molecule has 1 aliphatic rings. The molecule has 1 aliphatic carbocycles. The number of thiazole rings is 1. The first-order chi connectivity index (χ1) is 8.78. The van der Waals surface area contributed by atoms with Crippen molar-refractivity contribution < 1.29 is 0 Å². The van der Waals surface area contributed by atoms with Gasteiger partial charge in [0, 0.05) is 11.1 Å². The summed E-state index contributed by atoms with van der Waals surface area (Å²) in [5.74, 6) is 6.32. The van der Waals surface area contributed by atoms with E-state index in [0.717, 1.165) is 11.4 Å². The summed E-state index contributed by atoms with van der Waals surface area (Å²) < 4.78 is 0. The van der Waals surface area contributed by atoms with Gasteiger partial charge in [0.15, 0.2) is 0 Å². The zero-order chi connectivity index (χ0) is 12.5. The Balaban J connectivity index is 1.73. The van der Waals surface area contributed by atoms with Gasteiger partial charge in [0.05, 0.1) is 11.0 Å². The van der Waals surface area contributed by atoms with Crippen LogP contribution >= 0.6 is 11.3 Å². The molecule has 0 aliphatic heterocycles. The molecule has 2 aromatic rings. The van der Waals surface area contributed by atoms with Crippen LogP contribution in [-0.2, 0) is 6.42 Å². The van der Waals surface area contributed by atoms with Crippen molar-refractivity contribution in [3.8, 4) is 0 Å². The number of rotatable bonds is 4. The first kappa shape index (κ1) is 11.8. The molecule has 0 spiro atoms. The van der Waals surface area contributed by atoms with Crippen LogP contribution < -0.4 is 11.3 Å². The van der Waals surface area contributed by atoms with Gasteiger partial charge < -0.3 is 0 Å². The molecule has 94 valence electrons. The average molecular weight is 259 g/mol. The minimum atomic E-state index is 0.217. The SMILES string of the molecule is Cc1ncc(C(CC2Cc3ccccc32)NN)s1. The Morgan fingerprint density at radius 2 is 2.33 bits per heavy atom. The summed E-state index contributed by atoms with van der Waals surface area (Å²) in [6.07, 6.45) is 4.16. The van der Waals surface area contributed by atoms with Crippen LogP contribution in [0, 0.1) is 6.92 Å². The molecule has 0 amide bonds. The predicted octanol–water partition coefficient (Wildman–Crippen LogP) is 2.69. The smallest absolute Gasteiger partial charge is 0.0897 e. The molecule has 0 radical (unpaired) electrons. The first-order valence-corrected chi connectivity index (χ1v) is 7.06. The van der Waals surface area contributed by atoms with Gasteiger partial charge in [-0.15, -0.1) is 11.3 Å². The van der Waals surface area contributed by atoms with Gasteiger partial charge in [0.1, 0.15) is 0 Å². The first-order valence-electron chi connectivity index (χ1n) is 6.24. The summed E-state index contributed by atoms with van der Waals surface area (Å²) >= 11 is 1.72. The number of aromatic nitrogens is 1. The summed E-state index contributed by atoms with van der Waals surface area (Å²) in [5, 5.41) is 1.10. The average Bonchev–Trinajstić information content (AvgIpc) is 2.77. The van der Waals surface area contributed by atoms with Gasteiger partial charge in [0.25, 0.3) is 0 Å². The fourth-order valence-corrected chi connectivity index (χ4v) is 3.52. The molecule has 3 N–H and O–H groups in total. The summed E-state index contributed by atoms with van der Waals surface area (Å²) in [4.78, 5) is 5.54. The van der Waals surface area contributed by atoms with Crippen LogP contribution in [-0.4, -0.2) is 4.98 Å². The van der Waals surface area contributed by atoms with E-state index < -0.39 is 0 Å². The van der Waals surface area contributed by atoms with Crippen molar-refractivity contribution in [2.24, 2.45) is 5.84 Å². The molecule has 0 saturated carbocycles. The maximum atomic E-state index is 5.69. The summed E-state index contributed by atoms with van der Waals surface area (Å²) in [6.45, 7) is 2.03. The molecule has 3 nitrogen and oxygen atoms in total. The quantitative estimate of drug-likeness (QED) is 0.655. The fraction of sp³-hybridized carbons (Fsp3) is 0.357. The zero-order valence-corrected chi connectivity index (χ0v) is 11.2. The Bertz CT molecular complexity index is 549. The molecule has 1 aromatic heterocycles. The van der Waals surface area contributed by atoms with Gasteiger partial charge in [-0.05, 0) is 36.8 Å². The number of hydrogen-bond donors (Lipinski definition) is 2. The number of aryl methyl sites for hydroxylation is 1. The van der Waals surface area contributed by atoms with Crippen molar-refractivity contribution in [3.05, 3.63) is 51.5 Å². The maximum absolute atomic E-state index is 5.69. The van der Waals surface area contributed by atoms with E-state index in [-0.39, 0.29) is 6.04 Å². The summed E-state index contributed by atoms with van der Waals surface area (Å²) in [5.41, 5.74) is 5.90. The highest BCUT2D eigenvalue weighted by atomic mass is 32.1. The minimum absolute atomic E-state index is 0.217. The second-order valence-electron chi connectivity index (χ2n) is 4.84. The Kier molecular flexibility index (Phi) is 3.16. The highest BCUT2D eigenvalue weighted by Gasteiger charge is 2.28. The lowest BCUT2D eigenvalue weighted by Crippen LogP contribution is -2.31. The Morgan fingerprint density at radius 1 is 1.50 bits per heavy atom. The largest absolute Gasteiger partial charge is 0.271 e. The third-order valence-corrected chi connectivity index (χ3v) is 4.69. The molecular weight excluding hydrogens is 242 g/mol. The van der Waals surface area contributed by atoms with Gasteiger partial charge >= 0.3 is 0 Å². The number of hydrazine groups is 1. The van der Waals surface area contributed by atoms with E-state index in [1.807, 2.05) is 13.1 Å². The summed E-state index contributed by atoms with van der Waals surface area (Å²) in [7, 11) is 0. The van der Waals surface area contributed by atoms with Crippen molar-refractivity contribution >= 4 is 11.3 Å². The minimum Gasteiger partial charge on any atom is -0.271 e. The van der Waals surface area contributed by atoms with Gasteiger partial charge in [0.2, 0.25) is 0 Å². The van der Waals surface area contributed by atoms with Crippen LogP contribution in [0.15, 0.2) is 30.5 Å². The molecule has 0 fully saturated rings. The van der Waals surface area contributed by atoms with E-state index >= 15 is 0 Å². The number of fused-ring (bicyclic) bond motifs is 1. The highest BCUT2D eigenvalue weighted by molar-refractivity contribution is 7.11. The molecule has 2 unspecified atom stereocenters. The lowest BCUT2D eigenvalue weighted by atomic mass is 9.74. The predicted molar refractivity (Wildman–Crippen MR) is 74.4 cm³/mol. The molecule has 18 heavy (non-hydrogen) atoms. The van der Waals surface area contributed by atoms with Crippen molar-refractivity contribution in [2.75, 3.05) is 0 Å². The number of hydrogen-bond acceptors (Lipinski definition) is 4. The highest BCUT2D eigenvalue weighted by Crippen LogP contribution is 2.41. The lowest BCUT2D eigenvalue weighted by Gasteiger charge is -2.32. The normalized spacial score (nSPS) is 19.1. The topological polar surface area (TPSA) is 50.9 Å².